The number of rotatable bonds is 1. The molecule has 0 saturated carbocycles. The molecule has 17 heavy (non-hydrogen) atoms. The Kier molecular flexibility index (Phi) is 2.22. The summed E-state index contributed by atoms with van der Waals surface area (Å²) in [6, 6.07) is 2.95. The lowest BCUT2D eigenvalue weighted by Crippen LogP contribution is -2.11. The molecule has 0 spiro atoms. The van der Waals surface area contributed by atoms with Crippen LogP contribution in [0.15, 0.2) is 22.9 Å². The highest BCUT2D eigenvalue weighted by molar-refractivity contribution is 5.74. The summed E-state index contributed by atoms with van der Waals surface area (Å²) in [5, 5.41) is 3.52. The molecule has 2 aromatic rings. The zero-order valence-electron chi connectivity index (χ0n) is 8.77. The van der Waals surface area contributed by atoms with Crippen LogP contribution in [0.2, 0.25) is 0 Å². The summed E-state index contributed by atoms with van der Waals surface area (Å²) in [7, 11) is 0. The minimum Gasteiger partial charge on any atom is -0.467 e. The van der Waals surface area contributed by atoms with Gasteiger partial charge in [-0.15, -0.1) is 0 Å². The van der Waals surface area contributed by atoms with Gasteiger partial charge in [-0.1, -0.05) is 5.16 Å². The van der Waals surface area contributed by atoms with Crippen molar-refractivity contribution in [3.8, 4) is 16.9 Å². The number of fused-ring (bicyclic) bond motifs is 1. The van der Waals surface area contributed by atoms with Crippen molar-refractivity contribution in [2.45, 2.75) is 6.61 Å². The maximum Gasteiger partial charge on any atom is 0.230 e. The number of aromatic nitrogens is 1. The second-order valence-corrected chi connectivity index (χ2v) is 3.65. The summed E-state index contributed by atoms with van der Waals surface area (Å²) < 4.78 is 28.9. The number of benzene rings is 1. The van der Waals surface area contributed by atoms with Gasteiger partial charge >= 0.3 is 0 Å². The predicted molar refractivity (Wildman–Crippen MR) is 56.6 cm³/mol. The van der Waals surface area contributed by atoms with E-state index in [0.29, 0.717) is 29.0 Å². The first-order valence-corrected chi connectivity index (χ1v) is 4.99. The summed E-state index contributed by atoms with van der Waals surface area (Å²) in [5.41, 5.74) is 6.96. The van der Waals surface area contributed by atoms with Crippen LogP contribution in [-0.4, -0.2) is 11.9 Å². The Morgan fingerprint density at radius 2 is 2.18 bits per heavy atom. The molecule has 1 aliphatic heterocycles. The first kappa shape index (κ1) is 10.1. The molecule has 0 unspecified atom stereocenters. The number of nitrogen functional groups attached to an aromatic ring is 1. The fourth-order valence-electron chi connectivity index (χ4n) is 1.76. The number of halogens is 1. The van der Waals surface area contributed by atoms with Crippen LogP contribution in [0.25, 0.3) is 11.1 Å². The van der Waals surface area contributed by atoms with Gasteiger partial charge in [0.25, 0.3) is 0 Å². The van der Waals surface area contributed by atoms with Crippen molar-refractivity contribution in [2.24, 2.45) is 0 Å². The Morgan fingerprint density at radius 1 is 1.29 bits per heavy atom. The number of ether oxygens (including phenoxy) is 2. The molecule has 1 aromatic carbocycles. The van der Waals surface area contributed by atoms with Crippen LogP contribution < -0.4 is 10.5 Å². The summed E-state index contributed by atoms with van der Waals surface area (Å²) in [6.45, 7) is 0.503. The van der Waals surface area contributed by atoms with Crippen molar-refractivity contribution in [3.05, 3.63) is 29.7 Å². The molecule has 0 radical (unpaired) electrons. The molecule has 2 N–H and O–H groups in total. The van der Waals surface area contributed by atoms with Crippen LogP contribution in [0.5, 0.6) is 5.75 Å². The zero-order chi connectivity index (χ0) is 11.8. The van der Waals surface area contributed by atoms with Gasteiger partial charge in [-0.3, -0.25) is 0 Å². The number of hydrogen-bond acceptors (Lipinski definition) is 5. The van der Waals surface area contributed by atoms with Gasteiger partial charge in [-0.05, 0) is 12.1 Å². The fraction of sp³-hybridized carbons (Fsp3) is 0.182. The smallest absolute Gasteiger partial charge is 0.230 e. The van der Waals surface area contributed by atoms with Crippen molar-refractivity contribution in [1.82, 2.24) is 5.16 Å². The molecule has 5 nitrogen and oxygen atoms in total. The van der Waals surface area contributed by atoms with E-state index in [-0.39, 0.29) is 12.7 Å². The molecule has 0 bridgehead atoms. The molecule has 1 aliphatic rings. The van der Waals surface area contributed by atoms with E-state index in [9.17, 15) is 4.39 Å². The molecule has 0 aliphatic carbocycles. The molecule has 0 saturated heterocycles. The monoisotopic (exact) mass is 236 g/mol. The Balaban J connectivity index is 2.15. The van der Waals surface area contributed by atoms with Crippen LogP contribution in [0.3, 0.4) is 0 Å². The van der Waals surface area contributed by atoms with Crippen molar-refractivity contribution in [3.63, 3.8) is 0 Å². The van der Waals surface area contributed by atoms with E-state index in [1.165, 1.54) is 12.3 Å². The lowest BCUT2D eigenvalue weighted by Gasteiger charge is -2.18. The van der Waals surface area contributed by atoms with Crippen molar-refractivity contribution in [2.75, 3.05) is 12.5 Å². The first-order valence-electron chi connectivity index (χ1n) is 4.99. The second kappa shape index (κ2) is 3.74. The minimum absolute atomic E-state index is 0.0795. The van der Waals surface area contributed by atoms with Crippen molar-refractivity contribution in [1.29, 1.82) is 0 Å². The number of nitrogens with zero attached hydrogens (tertiary/aromatic N) is 1. The third kappa shape index (κ3) is 1.62. The summed E-state index contributed by atoms with van der Waals surface area (Å²) in [4.78, 5) is 0. The summed E-state index contributed by atoms with van der Waals surface area (Å²) >= 11 is 0. The standard InChI is InChI=1S/C11H9FN2O3/c12-9-1-6-4-15-5-16-10(6)2-7(9)8-3-14-17-11(8)13/h1-3H,4-5,13H2. The highest BCUT2D eigenvalue weighted by Gasteiger charge is 2.18. The van der Waals surface area contributed by atoms with Gasteiger partial charge < -0.3 is 19.7 Å². The van der Waals surface area contributed by atoms with Gasteiger partial charge in [0.2, 0.25) is 5.88 Å². The molecule has 6 heteroatoms. The van der Waals surface area contributed by atoms with Gasteiger partial charge in [0.05, 0.1) is 18.4 Å². The van der Waals surface area contributed by atoms with Gasteiger partial charge in [0.15, 0.2) is 6.79 Å². The van der Waals surface area contributed by atoms with Crippen molar-refractivity contribution < 1.29 is 18.4 Å². The lowest BCUT2D eigenvalue weighted by atomic mass is 10.0. The average molecular weight is 236 g/mol. The van der Waals surface area contributed by atoms with Gasteiger partial charge in [-0.2, -0.15) is 0 Å². The molecule has 0 amide bonds. The van der Waals surface area contributed by atoms with Gasteiger partial charge in [-0.25, -0.2) is 4.39 Å². The lowest BCUT2D eigenvalue weighted by molar-refractivity contribution is -0.0165. The Morgan fingerprint density at radius 3 is 2.94 bits per heavy atom. The van der Waals surface area contributed by atoms with E-state index in [1.807, 2.05) is 0 Å². The molecule has 0 fully saturated rings. The SMILES string of the molecule is Nc1oncc1-c1cc2c(cc1F)COCO2. The maximum atomic E-state index is 13.9. The van der Waals surface area contributed by atoms with Crippen LogP contribution in [-0.2, 0) is 11.3 Å². The summed E-state index contributed by atoms with van der Waals surface area (Å²) in [6.07, 6.45) is 1.37. The number of anilines is 1. The molecule has 3 rings (SSSR count). The Hall–Kier alpha value is -2.08. The van der Waals surface area contributed by atoms with E-state index < -0.39 is 5.82 Å². The molecule has 88 valence electrons. The van der Waals surface area contributed by atoms with E-state index in [2.05, 4.69) is 5.16 Å². The normalized spacial score (nSPS) is 14.2. The summed E-state index contributed by atoms with van der Waals surface area (Å²) in [5.74, 6) is 0.261. The van der Waals surface area contributed by atoms with E-state index in [4.69, 9.17) is 19.7 Å². The predicted octanol–water partition coefficient (Wildman–Crippen LogP) is 1.93. The maximum absolute atomic E-state index is 13.9. The van der Waals surface area contributed by atoms with E-state index >= 15 is 0 Å². The molecule has 2 heterocycles. The molecular weight excluding hydrogens is 227 g/mol. The minimum atomic E-state index is -0.409. The Bertz CT molecular complexity index is 568. The van der Waals surface area contributed by atoms with Crippen LogP contribution in [0.1, 0.15) is 5.56 Å². The fourth-order valence-corrected chi connectivity index (χ4v) is 1.76. The van der Waals surface area contributed by atoms with Gasteiger partial charge in [0.1, 0.15) is 11.6 Å². The van der Waals surface area contributed by atoms with Crippen LogP contribution in [0.4, 0.5) is 10.3 Å². The first-order chi connectivity index (χ1) is 8.25. The molecule has 0 atom stereocenters. The largest absolute Gasteiger partial charge is 0.467 e. The number of hydrogen-bond donors (Lipinski definition) is 1. The van der Waals surface area contributed by atoms with Crippen LogP contribution >= 0.6 is 0 Å². The van der Waals surface area contributed by atoms with E-state index in [0.717, 1.165) is 0 Å². The Labute approximate surface area is 95.9 Å². The average Bonchev–Trinajstić information content (AvgIpc) is 2.74. The molecular formula is C11H9FN2O3. The van der Waals surface area contributed by atoms with Crippen LogP contribution in [0, 0.1) is 5.82 Å². The topological polar surface area (TPSA) is 70.5 Å². The number of nitrogens with two attached hydrogens (primary N) is 1. The van der Waals surface area contributed by atoms with Gasteiger partial charge in [0, 0.05) is 11.1 Å². The molecule has 1 aromatic heterocycles. The highest BCUT2D eigenvalue weighted by atomic mass is 19.1. The zero-order valence-corrected chi connectivity index (χ0v) is 8.77. The second-order valence-electron chi connectivity index (χ2n) is 3.65. The third-order valence-electron chi connectivity index (χ3n) is 2.59. The highest BCUT2D eigenvalue weighted by Crippen LogP contribution is 2.34. The van der Waals surface area contributed by atoms with E-state index in [1.54, 1.807) is 6.07 Å². The third-order valence-corrected chi connectivity index (χ3v) is 2.59. The quantitative estimate of drug-likeness (QED) is 0.819. The van der Waals surface area contributed by atoms with Crippen molar-refractivity contribution >= 4 is 5.88 Å².